The second-order valence-electron chi connectivity index (χ2n) is 7.67. The van der Waals surface area contributed by atoms with Crippen molar-refractivity contribution in [2.45, 2.75) is 25.3 Å². The number of carbonyl (C=O) groups is 1. The first-order valence-corrected chi connectivity index (χ1v) is 9.58. The van der Waals surface area contributed by atoms with Gasteiger partial charge in [-0.2, -0.15) is 0 Å². The number of amides is 1. The zero-order chi connectivity index (χ0) is 19.3. The number of nitrogens with zero attached hydrogens (tertiary/aromatic N) is 1. The second-order valence-corrected chi connectivity index (χ2v) is 7.67. The van der Waals surface area contributed by atoms with Gasteiger partial charge in [-0.05, 0) is 51.2 Å². The van der Waals surface area contributed by atoms with Gasteiger partial charge >= 0.3 is 0 Å². The van der Waals surface area contributed by atoms with Crippen molar-refractivity contribution in [1.82, 2.24) is 4.90 Å². The largest absolute Gasteiger partial charge is 0.463 e. The van der Waals surface area contributed by atoms with Crippen LogP contribution in [0.5, 0.6) is 0 Å². The van der Waals surface area contributed by atoms with Gasteiger partial charge in [0.25, 0.3) is 5.91 Å². The lowest BCUT2D eigenvalue weighted by atomic mass is 9.91. The summed E-state index contributed by atoms with van der Waals surface area (Å²) < 4.78 is 11.6. The number of fused-ring (bicyclic) bond motifs is 4. The van der Waals surface area contributed by atoms with Crippen LogP contribution in [0.25, 0.3) is 21.9 Å². The van der Waals surface area contributed by atoms with Gasteiger partial charge in [-0.1, -0.05) is 18.2 Å². The number of nitrogens with one attached hydrogen (secondary N) is 1. The summed E-state index contributed by atoms with van der Waals surface area (Å²) in [6.45, 7) is 0. The van der Waals surface area contributed by atoms with E-state index in [-0.39, 0.29) is 5.91 Å². The molecule has 0 radical (unpaired) electrons. The molecule has 28 heavy (non-hydrogen) atoms. The number of hydrogen-bond donors (Lipinski definition) is 1. The van der Waals surface area contributed by atoms with E-state index in [1.165, 1.54) is 11.8 Å². The molecule has 2 aromatic carbocycles. The van der Waals surface area contributed by atoms with Crippen molar-refractivity contribution < 1.29 is 13.6 Å². The van der Waals surface area contributed by atoms with Gasteiger partial charge in [0.15, 0.2) is 0 Å². The van der Waals surface area contributed by atoms with Gasteiger partial charge in [-0.25, -0.2) is 0 Å². The Morgan fingerprint density at radius 3 is 2.82 bits per heavy atom. The van der Waals surface area contributed by atoms with E-state index in [4.69, 9.17) is 8.83 Å². The molecule has 0 saturated carbocycles. The van der Waals surface area contributed by atoms with Gasteiger partial charge in [-0.3, -0.25) is 4.79 Å². The van der Waals surface area contributed by atoms with Crippen LogP contribution in [0, 0.1) is 0 Å². The van der Waals surface area contributed by atoms with Crippen molar-refractivity contribution in [1.29, 1.82) is 0 Å². The molecule has 142 valence electrons. The van der Waals surface area contributed by atoms with E-state index in [1.54, 1.807) is 0 Å². The lowest BCUT2D eigenvalue weighted by Gasteiger charge is -2.27. The predicted octanol–water partition coefficient (Wildman–Crippen LogP) is 4.85. The molecule has 0 fully saturated rings. The standard InChI is InChI=1S/C23H22N2O3/c1-25(2)15-8-10-22-18(12-15)17-11-14(7-9-21(17)28-22)24-23(26)19-13-27-20-6-4-3-5-16(19)20/h3-7,9,11,13,15H,8,10,12H2,1-2H3,(H,24,26). The van der Waals surface area contributed by atoms with Crippen LogP contribution < -0.4 is 5.32 Å². The van der Waals surface area contributed by atoms with Gasteiger partial charge in [-0.15, -0.1) is 0 Å². The maximum absolute atomic E-state index is 12.8. The van der Waals surface area contributed by atoms with Crippen molar-refractivity contribution in [2.75, 3.05) is 19.4 Å². The average Bonchev–Trinajstić information content (AvgIpc) is 3.28. The highest BCUT2D eigenvalue weighted by Crippen LogP contribution is 2.34. The molecule has 0 spiro atoms. The fourth-order valence-corrected chi connectivity index (χ4v) is 4.13. The lowest BCUT2D eigenvalue weighted by molar-refractivity contribution is 0.102. The Labute approximate surface area is 162 Å². The summed E-state index contributed by atoms with van der Waals surface area (Å²) >= 11 is 0. The molecule has 1 aliphatic carbocycles. The first kappa shape index (κ1) is 17.1. The highest BCUT2D eigenvalue weighted by Gasteiger charge is 2.25. The Morgan fingerprint density at radius 1 is 1.11 bits per heavy atom. The third-order valence-electron chi connectivity index (χ3n) is 5.73. The van der Waals surface area contributed by atoms with E-state index in [9.17, 15) is 4.79 Å². The van der Waals surface area contributed by atoms with Crippen molar-refractivity contribution in [3.63, 3.8) is 0 Å². The minimum absolute atomic E-state index is 0.173. The van der Waals surface area contributed by atoms with Gasteiger partial charge in [0.2, 0.25) is 0 Å². The van der Waals surface area contributed by atoms with E-state index < -0.39 is 0 Å². The highest BCUT2D eigenvalue weighted by atomic mass is 16.3. The molecule has 2 heterocycles. The number of furan rings is 2. The SMILES string of the molecule is CN(C)C1CCc2oc3ccc(NC(=O)c4coc5ccccc45)cc3c2C1. The monoisotopic (exact) mass is 374 g/mol. The molecule has 5 heteroatoms. The number of likely N-dealkylation sites (N-methyl/N-ethyl adjacent to an activating group) is 1. The molecule has 5 rings (SSSR count). The quantitative estimate of drug-likeness (QED) is 0.557. The summed E-state index contributed by atoms with van der Waals surface area (Å²) in [5, 5.41) is 4.92. The number of hydrogen-bond acceptors (Lipinski definition) is 4. The first-order chi connectivity index (χ1) is 13.6. The number of para-hydroxylation sites is 1. The topological polar surface area (TPSA) is 58.6 Å². The third kappa shape index (κ3) is 2.79. The van der Waals surface area contributed by atoms with Crippen LogP contribution in [0.2, 0.25) is 0 Å². The van der Waals surface area contributed by atoms with E-state index in [1.807, 2.05) is 42.5 Å². The number of benzene rings is 2. The van der Waals surface area contributed by atoms with Crippen LogP contribution in [0.4, 0.5) is 5.69 Å². The summed E-state index contributed by atoms with van der Waals surface area (Å²) in [5.41, 5.74) is 4.17. The molecular formula is C23H22N2O3. The number of carbonyl (C=O) groups excluding carboxylic acids is 1. The van der Waals surface area contributed by atoms with Crippen molar-refractivity contribution in [3.05, 3.63) is 65.6 Å². The van der Waals surface area contributed by atoms with Crippen LogP contribution in [-0.4, -0.2) is 30.9 Å². The molecular weight excluding hydrogens is 352 g/mol. The fourth-order valence-electron chi connectivity index (χ4n) is 4.13. The number of anilines is 1. The molecule has 2 aromatic heterocycles. The summed E-state index contributed by atoms with van der Waals surface area (Å²) in [7, 11) is 4.25. The van der Waals surface area contributed by atoms with Gasteiger partial charge in [0, 0.05) is 34.5 Å². The summed E-state index contributed by atoms with van der Waals surface area (Å²) in [6, 6.07) is 13.9. The Morgan fingerprint density at radius 2 is 1.96 bits per heavy atom. The minimum atomic E-state index is -0.173. The molecule has 1 unspecified atom stereocenters. The van der Waals surface area contributed by atoms with Crippen LogP contribution in [-0.2, 0) is 12.8 Å². The Kier molecular flexibility index (Phi) is 3.98. The zero-order valence-corrected chi connectivity index (χ0v) is 16.0. The predicted molar refractivity (Wildman–Crippen MR) is 110 cm³/mol. The number of aryl methyl sites for hydroxylation is 1. The molecule has 1 aliphatic rings. The highest BCUT2D eigenvalue weighted by molar-refractivity contribution is 6.12. The molecule has 0 saturated heterocycles. The molecule has 0 aliphatic heterocycles. The minimum Gasteiger partial charge on any atom is -0.463 e. The van der Waals surface area contributed by atoms with Crippen molar-refractivity contribution in [2.24, 2.45) is 0 Å². The van der Waals surface area contributed by atoms with Gasteiger partial charge in [0.05, 0.1) is 5.56 Å². The normalized spacial score (nSPS) is 16.6. The molecule has 4 aromatic rings. The maximum atomic E-state index is 12.8. The van der Waals surface area contributed by atoms with E-state index in [0.717, 1.165) is 47.1 Å². The summed E-state index contributed by atoms with van der Waals surface area (Å²) in [6.07, 6.45) is 4.55. The van der Waals surface area contributed by atoms with E-state index in [0.29, 0.717) is 17.2 Å². The van der Waals surface area contributed by atoms with Gasteiger partial charge < -0.3 is 19.1 Å². The van der Waals surface area contributed by atoms with Crippen LogP contribution in [0.1, 0.15) is 28.1 Å². The van der Waals surface area contributed by atoms with E-state index in [2.05, 4.69) is 24.3 Å². The third-order valence-corrected chi connectivity index (χ3v) is 5.73. The van der Waals surface area contributed by atoms with Crippen LogP contribution in [0.15, 0.2) is 57.6 Å². The Bertz CT molecular complexity index is 1190. The van der Waals surface area contributed by atoms with Crippen molar-refractivity contribution in [3.8, 4) is 0 Å². The average molecular weight is 374 g/mol. The van der Waals surface area contributed by atoms with Crippen LogP contribution in [0.3, 0.4) is 0 Å². The van der Waals surface area contributed by atoms with Gasteiger partial charge in [0.1, 0.15) is 23.2 Å². The zero-order valence-electron chi connectivity index (χ0n) is 16.0. The first-order valence-electron chi connectivity index (χ1n) is 9.58. The number of rotatable bonds is 3. The Balaban J connectivity index is 1.47. The van der Waals surface area contributed by atoms with Crippen molar-refractivity contribution >= 4 is 33.5 Å². The van der Waals surface area contributed by atoms with E-state index >= 15 is 0 Å². The smallest absolute Gasteiger partial charge is 0.259 e. The lowest BCUT2D eigenvalue weighted by Crippen LogP contribution is -2.33. The molecule has 1 N–H and O–H groups in total. The fraction of sp³-hybridized carbons (Fsp3) is 0.261. The molecule has 1 amide bonds. The molecule has 1 atom stereocenters. The molecule has 0 bridgehead atoms. The maximum Gasteiger partial charge on any atom is 0.259 e. The summed E-state index contributed by atoms with van der Waals surface area (Å²) in [5.74, 6) is 0.908. The Hall–Kier alpha value is -3.05. The molecule has 5 nitrogen and oxygen atoms in total. The summed E-state index contributed by atoms with van der Waals surface area (Å²) in [4.78, 5) is 15.1. The second kappa shape index (κ2) is 6.53. The van der Waals surface area contributed by atoms with Crippen LogP contribution >= 0.6 is 0 Å².